The molecule has 0 heterocycles. The standard InChI is InChI=1S/C46H80O2/c1-9-10-11-12-13-14-15-16-17-18-19-20-21-25-41(47)48-40-29-31-45-34-46(45)33-32-43(7)37(36(4)24-22-23-35(2)3)28-30-44(43,8)39(46)27-26-38(45)42(40,5)6/h23,36-40H,9-22,24-34H2,1-8H3. The maximum atomic E-state index is 13.1. The van der Waals surface area contributed by atoms with Crippen molar-refractivity contribution in [1.29, 1.82) is 0 Å². The molecule has 0 aromatic rings. The van der Waals surface area contributed by atoms with E-state index >= 15 is 0 Å². The Morgan fingerprint density at radius 3 is 1.92 bits per heavy atom. The zero-order valence-corrected chi connectivity index (χ0v) is 33.5. The maximum absolute atomic E-state index is 13.1. The number of hydrogen-bond acceptors (Lipinski definition) is 2. The normalized spacial score (nSPS) is 38.2. The number of unbranched alkanes of at least 4 members (excludes halogenated alkanes) is 12. The van der Waals surface area contributed by atoms with Crippen molar-refractivity contribution in [2.75, 3.05) is 0 Å². The van der Waals surface area contributed by atoms with Crippen molar-refractivity contribution in [3.63, 3.8) is 0 Å². The summed E-state index contributed by atoms with van der Waals surface area (Å²) < 4.78 is 6.41. The number of fused-ring (bicyclic) bond motifs is 2. The Morgan fingerprint density at radius 2 is 1.29 bits per heavy atom. The van der Waals surface area contributed by atoms with Gasteiger partial charge in [-0.15, -0.1) is 0 Å². The maximum Gasteiger partial charge on any atom is 0.306 e. The molecule has 2 spiro atoms. The number of rotatable bonds is 19. The molecule has 0 saturated heterocycles. The average molecular weight is 665 g/mol. The predicted octanol–water partition coefficient (Wildman–Crippen LogP) is 14.2. The van der Waals surface area contributed by atoms with Crippen LogP contribution < -0.4 is 0 Å². The molecule has 9 atom stereocenters. The Bertz CT molecular complexity index is 1080. The summed E-state index contributed by atoms with van der Waals surface area (Å²) in [5.41, 5.74) is 3.66. The fraction of sp³-hybridized carbons (Fsp3) is 0.935. The Hall–Kier alpha value is -0.790. The summed E-state index contributed by atoms with van der Waals surface area (Å²) >= 11 is 0. The van der Waals surface area contributed by atoms with E-state index in [-0.39, 0.29) is 17.5 Å². The van der Waals surface area contributed by atoms with E-state index in [0.717, 1.165) is 36.5 Å². The molecule has 0 bridgehead atoms. The van der Waals surface area contributed by atoms with Crippen LogP contribution in [-0.4, -0.2) is 12.1 Å². The monoisotopic (exact) mass is 665 g/mol. The fourth-order valence-electron chi connectivity index (χ4n) is 13.8. The largest absolute Gasteiger partial charge is 0.462 e. The molecule has 9 unspecified atom stereocenters. The number of allylic oxidation sites excluding steroid dienone is 2. The lowest BCUT2D eigenvalue weighted by Crippen LogP contribution is -2.58. The molecule has 0 N–H and O–H groups in total. The van der Waals surface area contributed by atoms with Gasteiger partial charge in [0.2, 0.25) is 0 Å². The van der Waals surface area contributed by atoms with Crippen LogP contribution in [0.5, 0.6) is 0 Å². The molecule has 0 aliphatic heterocycles. The van der Waals surface area contributed by atoms with Crippen LogP contribution in [-0.2, 0) is 9.53 Å². The highest BCUT2D eigenvalue weighted by Crippen LogP contribution is 2.89. The van der Waals surface area contributed by atoms with E-state index in [1.807, 2.05) is 0 Å². The molecule has 48 heavy (non-hydrogen) atoms. The first-order chi connectivity index (χ1) is 22.9. The van der Waals surface area contributed by atoms with Crippen molar-refractivity contribution in [2.45, 2.75) is 222 Å². The van der Waals surface area contributed by atoms with Crippen molar-refractivity contribution in [3.05, 3.63) is 11.6 Å². The molecule has 2 nitrogen and oxygen atoms in total. The second-order valence-corrected chi connectivity index (χ2v) is 19.8. The summed E-state index contributed by atoms with van der Waals surface area (Å²) in [7, 11) is 0. The lowest BCUT2D eigenvalue weighted by molar-refractivity contribution is -0.183. The number of esters is 1. The van der Waals surface area contributed by atoms with Gasteiger partial charge in [-0.25, -0.2) is 0 Å². The van der Waals surface area contributed by atoms with Crippen LogP contribution in [0.25, 0.3) is 0 Å². The highest BCUT2D eigenvalue weighted by molar-refractivity contribution is 5.69. The van der Waals surface area contributed by atoms with E-state index in [9.17, 15) is 4.79 Å². The number of ether oxygens (including phenoxy) is 1. The second kappa shape index (κ2) is 15.8. The summed E-state index contributed by atoms with van der Waals surface area (Å²) in [5, 5.41) is 0. The smallest absolute Gasteiger partial charge is 0.306 e. The molecular weight excluding hydrogens is 585 g/mol. The Kier molecular flexibility index (Phi) is 12.7. The summed E-state index contributed by atoms with van der Waals surface area (Å²) in [4.78, 5) is 13.1. The van der Waals surface area contributed by atoms with Gasteiger partial charge in [-0.3, -0.25) is 4.79 Å². The number of carbonyl (C=O) groups is 1. The van der Waals surface area contributed by atoms with Crippen LogP contribution in [0.2, 0.25) is 0 Å². The Morgan fingerprint density at radius 1 is 0.708 bits per heavy atom. The van der Waals surface area contributed by atoms with Gasteiger partial charge in [0.1, 0.15) is 6.10 Å². The van der Waals surface area contributed by atoms with E-state index < -0.39 is 0 Å². The van der Waals surface area contributed by atoms with Gasteiger partial charge in [0.25, 0.3) is 0 Å². The molecule has 0 radical (unpaired) electrons. The first-order valence-corrected chi connectivity index (χ1v) is 21.7. The highest BCUT2D eigenvalue weighted by Gasteiger charge is 2.82. The van der Waals surface area contributed by atoms with E-state index in [4.69, 9.17) is 4.74 Å². The van der Waals surface area contributed by atoms with Crippen molar-refractivity contribution in [3.8, 4) is 0 Å². The van der Waals surface area contributed by atoms with Crippen molar-refractivity contribution < 1.29 is 9.53 Å². The van der Waals surface area contributed by atoms with Gasteiger partial charge in [0.05, 0.1) is 0 Å². The molecule has 5 rings (SSSR count). The molecular formula is C46H80O2. The molecule has 276 valence electrons. The minimum Gasteiger partial charge on any atom is -0.462 e. The summed E-state index contributed by atoms with van der Waals surface area (Å²) in [6.45, 7) is 19.9. The van der Waals surface area contributed by atoms with Gasteiger partial charge in [-0.05, 0) is 136 Å². The SMILES string of the molecule is CCCCCCCCCCCCCCCC(=O)OC1CCC23CC24CCC2(C)C(C(C)CCC=C(C)C)CCC2(C)C4CCC3C1(C)C. The van der Waals surface area contributed by atoms with Crippen LogP contribution in [0.4, 0.5) is 0 Å². The van der Waals surface area contributed by atoms with Gasteiger partial charge in [0.15, 0.2) is 0 Å². The van der Waals surface area contributed by atoms with E-state index in [2.05, 4.69) is 61.5 Å². The Balaban J connectivity index is 1.07. The van der Waals surface area contributed by atoms with Gasteiger partial charge in [-0.2, -0.15) is 0 Å². The third-order valence-corrected chi connectivity index (χ3v) is 16.7. The third kappa shape index (κ3) is 7.28. The van der Waals surface area contributed by atoms with Crippen molar-refractivity contribution >= 4 is 5.97 Å². The first-order valence-electron chi connectivity index (χ1n) is 21.7. The molecule has 5 aliphatic carbocycles. The molecule has 5 aliphatic rings. The number of carbonyl (C=O) groups excluding carboxylic acids is 1. The third-order valence-electron chi connectivity index (χ3n) is 16.7. The van der Waals surface area contributed by atoms with E-state index in [1.54, 1.807) is 0 Å². The van der Waals surface area contributed by atoms with Crippen LogP contribution in [0.3, 0.4) is 0 Å². The topological polar surface area (TPSA) is 26.3 Å². The molecule has 0 amide bonds. The van der Waals surface area contributed by atoms with Gasteiger partial charge in [-0.1, -0.05) is 130 Å². The van der Waals surface area contributed by atoms with Gasteiger partial charge < -0.3 is 4.74 Å². The zero-order valence-electron chi connectivity index (χ0n) is 33.5. The first kappa shape index (κ1) is 38.4. The quantitative estimate of drug-likeness (QED) is 0.0780. The zero-order chi connectivity index (χ0) is 34.6. The summed E-state index contributed by atoms with van der Waals surface area (Å²) in [5.74, 6) is 3.43. The van der Waals surface area contributed by atoms with Gasteiger partial charge in [0, 0.05) is 11.8 Å². The van der Waals surface area contributed by atoms with Crippen LogP contribution >= 0.6 is 0 Å². The fourth-order valence-corrected chi connectivity index (χ4v) is 13.8. The van der Waals surface area contributed by atoms with Crippen LogP contribution in [0.15, 0.2) is 11.6 Å². The van der Waals surface area contributed by atoms with Gasteiger partial charge >= 0.3 is 5.97 Å². The van der Waals surface area contributed by atoms with E-state index in [0.29, 0.717) is 28.1 Å². The minimum absolute atomic E-state index is 0.0861. The lowest BCUT2D eigenvalue weighted by atomic mass is 9.41. The van der Waals surface area contributed by atoms with Crippen LogP contribution in [0.1, 0.15) is 216 Å². The lowest BCUT2D eigenvalue weighted by Gasteiger charge is -2.63. The predicted molar refractivity (Wildman–Crippen MR) is 205 cm³/mol. The highest BCUT2D eigenvalue weighted by atomic mass is 16.5. The molecule has 5 saturated carbocycles. The summed E-state index contributed by atoms with van der Waals surface area (Å²) in [6.07, 6.45) is 35.7. The second-order valence-electron chi connectivity index (χ2n) is 19.8. The molecule has 2 heteroatoms. The number of hydrogen-bond donors (Lipinski definition) is 0. The van der Waals surface area contributed by atoms with E-state index in [1.165, 1.54) is 147 Å². The minimum atomic E-state index is 0.0861. The molecule has 0 aromatic carbocycles. The van der Waals surface area contributed by atoms with Crippen LogP contribution in [0, 0.1) is 50.7 Å². The average Bonchev–Trinajstić information content (AvgIpc) is 3.62. The van der Waals surface area contributed by atoms with Crippen molar-refractivity contribution in [1.82, 2.24) is 0 Å². The molecule has 5 fully saturated rings. The molecule has 0 aromatic heterocycles. The Labute approximate surface area is 299 Å². The van der Waals surface area contributed by atoms with Crippen molar-refractivity contribution in [2.24, 2.45) is 50.7 Å². The summed E-state index contributed by atoms with van der Waals surface area (Å²) in [6, 6.07) is 0.